The molecular formula is C14H18BrN3O3S. The Bertz CT molecular complexity index is 580. The normalized spacial score (nSPS) is 17.1. The van der Waals surface area contributed by atoms with Crippen LogP contribution >= 0.6 is 28.1 Å². The Labute approximate surface area is 142 Å². The third-order valence-electron chi connectivity index (χ3n) is 3.69. The smallest absolute Gasteiger partial charge is 0.268 e. The van der Waals surface area contributed by atoms with E-state index in [9.17, 15) is 9.90 Å². The lowest BCUT2D eigenvalue weighted by Crippen LogP contribution is -2.62. The molecule has 22 heavy (non-hydrogen) atoms. The molecule has 1 aliphatic heterocycles. The van der Waals surface area contributed by atoms with E-state index < -0.39 is 17.4 Å². The minimum Gasteiger partial charge on any atom is -0.382 e. The predicted molar refractivity (Wildman–Crippen MR) is 90.2 cm³/mol. The standard InChI is InChI=1S/C14H18BrN3O3S/c1-16-13(22)18(2)17-12(20)11(19)14(7-21-8-14)9-4-3-5-10(15)6-9/h3-6,11,19H,7-8H2,1-2H3,(H,16,22)(H,17,20). The molecule has 1 heterocycles. The lowest BCUT2D eigenvalue weighted by molar-refractivity contribution is -0.156. The van der Waals surface area contributed by atoms with Gasteiger partial charge in [-0.25, -0.2) is 0 Å². The molecule has 0 aliphatic carbocycles. The summed E-state index contributed by atoms with van der Waals surface area (Å²) in [5, 5.41) is 15.0. The molecule has 8 heteroatoms. The van der Waals surface area contributed by atoms with Crippen LogP contribution in [0.3, 0.4) is 0 Å². The monoisotopic (exact) mass is 387 g/mol. The predicted octanol–water partition coefficient (Wildman–Crippen LogP) is 0.545. The van der Waals surface area contributed by atoms with Crippen molar-refractivity contribution in [2.75, 3.05) is 27.3 Å². The number of hydrazine groups is 1. The summed E-state index contributed by atoms with van der Waals surface area (Å²) in [6, 6.07) is 7.53. The van der Waals surface area contributed by atoms with Crippen LogP contribution in [0.2, 0.25) is 0 Å². The van der Waals surface area contributed by atoms with Crippen LogP contribution in [0, 0.1) is 0 Å². The van der Waals surface area contributed by atoms with Crippen LogP contribution in [0.5, 0.6) is 0 Å². The Hall–Kier alpha value is -1.22. The van der Waals surface area contributed by atoms with Gasteiger partial charge in [0.25, 0.3) is 5.91 Å². The number of amides is 1. The average molecular weight is 388 g/mol. The number of halogens is 1. The lowest BCUT2D eigenvalue weighted by atomic mass is 9.73. The number of aliphatic hydroxyl groups is 1. The zero-order valence-corrected chi connectivity index (χ0v) is 14.7. The number of thiocarbonyl (C=S) groups is 1. The number of benzene rings is 1. The number of carbonyl (C=O) groups is 1. The summed E-state index contributed by atoms with van der Waals surface area (Å²) in [4.78, 5) is 12.3. The third kappa shape index (κ3) is 3.24. The number of hydrogen-bond acceptors (Lipinski definition) is 4. The molecule has 1 aliphatic rings. The molecule has 1 amide bonds. The number of ether oxygens (including phenoxy) is 1. The highest BCUT2D eigenvalue weighted by atomic mass is 79.9. The Morgan fingerprint density at radius 2 is 2.23 bits per heavy atom. The van der Waals surface area contributed by atoms with E-state index in [1.807, 2.05) is 24.3 Å². The number of nitrogens with one attached hydrogen (secondary N) is 2. The Kier molecular flexibility index (Phi) is 5.38. The quantitative estimate of drug-likeness (QED) is 0.519. The van der Waals surface area contributed by atoms with Gasteiger partial charge in [0.2, 0.25) is 0 Å². The van der Waals surface area contributed by atoms with E-state index >= 15 is 0 Å². The topological polar surface area (TPSA) is 73.8 Å². The van der Waals surface area contributed by atoms with Crippen LogP contribution in [0.15, 0.2) is 28.7 Å². The summed E-state index contributed by atoms with van der Waals surface area (Å²) in [5.41, 5.74) is 2.68. The third-order valence-corrected chi connectivity index (χ3v) is 4.66. The van der Waals surface area contributed by atoms with Gasteiger partial charge in [0, 0.05) is 18.6 Å². The second-order valence-electron chi connectivity index (χ2n) is 5.15. The van der Waals surface area contributed by atoms with Crippen molar-refractivity contribution in [3.8, 4) is 0 Å². The zero-order valence-electron chi connectivity index (χ0n) is 12.3. The van der Waals surface area contributed by atoms with Crippen LogP contribution in [0.1, 0.15) is 5.56 Å². The Morgan fingerprint density at radius 3 is 2.73 bits per heavy atom. The first-order valence-corrected chi connectivity index (χ1v) is 7.88. The minimum atomic E-state index is -1.24. The fourth-order valence-corrected chi connectivity index (χ4v) is 2.74. The summed E-state index contributed by atoms with van der Waals surface area (Å²) in [6.07, 6.45) is -1.24. The van der Waals surface area contributed by atoms with Gasteiger partial charge < -0.3 is 15.2 Å². The molecule has 1 atom stereocenters. The maximum Gasteiger partial charge on any atom is 0.268 e. The van der Waals surface area contributed by atoms with Gasteiger partial charge in [-0.3, -0.25) is 15.2 Å². The van der Waals surface area contributed by atoms with Crippen molar-refractivity contribution in [3.05, 3.63) is 34.3 Å². The molecule has 0 saturated carbocycles. The molecule has 3 N–H and O–H groups in total. The highest BCUT2D eigenvalue weighted by Crippen LogP contribution is 2.37. The molecule has 0 aromatic heterocycles. The molecule has 0 spiro atoms. The van der Waals surface area contributed by atoms with E-state index in [0.717, 1.165) is 10.0 Å². The maximum atomic E-state index is 12.3. The van der Waals surface area contributed by atoms with E-state index in [2.05, 4.69) is 26.7 Å². The van der Waals surface area contributed by atoms with Gasteiger partial charge in [-0.05, 0) is 29.9 Å². The van der Waals surface area contributed by atoms with Crippen LogP contribution in [0.4, 0.5) is 0 Å². The minimum absolute atomic E-state index is 0.290. The van der Waals surface area contributed by atoms with Gasteiger partial charge in [0.1, 0.15) is 6.10 Å². The largest absolute Gasteiger partial charge is 0.382 e. The van der Waals surface area contributed by atoms with Crippen molar-refractivity contribution >= 4 is 39.2 Å². The highest BCUT2D eigenvalue weighted by Gasteiger charge is 2.50. The summed E-state index contributed by atoms with van der Waals surface area (Å²) in [5.74, 6) is -0.525. The number of aliphatic hydroxyl groups excluding tert-OH is 1. The molecule has 2 rings (SSSR count). The van der Waals surface area contributed by atoms with Gasteiger partial charge >= 0.3 is 0 Å². The molecule has 6 nitrogen and oxygen atoms in total. The average Bonchev–Trinajstić information content (AvgIpc) is 2.45. The van der Waals surface area contributed by atoms with E-state index in [1.165, 1.54) is 5.01 Å². The first kappa shape index (κ1) is 17.1. The number of nitrogens with zero attached hydrogens (tertiary/aromatic N) is 1. The fraction of sp³-hybridized carbons (Fsp3) is 0.429. The zero-order chi connectivity index (χ0) is 16.3. The van der Waals surface area contributed by atoms with Crippen LogP contribution in [-0.4, -0.2) is 54.5 Å². The molecule has 1 aromatic carbocycles. The van der Waals surface area contributed by atoms with Crippen molar-refractivity contribution in [2.24, 2.45) is 0 Å². The van der Waals surface area contributed by atoms with Gasteiger partial charge in [-0.15, -0.1) is 0 Å². The van der Waals surface area contributed by atoms with Crippen LogP contribution in [-0.2, 0) is 14.9 Å². The molecular weight excluding hydrogens is 370 g/mol. The molecule has 120 valence electrons. The molecule has 1 saturated heterocycles. The van der Waals surface area contributed by atoms with Crippen LogP contribution < -0.4 is 10.7 Å². The van der Waals surface area contributed by atoms with Crippen LogP contribution in [0.25, 0.3) is 0 Å². The molecule has 1 unspecified atom stereocenters. The van der Waals surface area contributed by atoms with Gasteiger partial charge in [0.15, 0.2) is 5.11 Å². The van der Waals surface area contributed by atoms with E-state index in [-0.39, 0.29) is 13.2 Å². The van der Waals surface area contributed by atoms with Gasteiger partial charge in [-0.2, -0.15) is 0 Å². The number of hydrogen-bond donors (Lipinski definition) is 3. The van der Waals surface area contributed by atoms with E-state index in [1.54, 1.807) is 14.1 Å². The van der Waals surface area contributed by atoms with Crippen molar-refractivity contribution in [1.29, 1.82) is 0 Å². The Balaban J connectivity index is 2.17. The molecule has 0 bridgehead atoms. The summed E-state index contributed by atoms with van der Waals surface area (Å²) < 4.78 is 6.16. The second-order valence-corrected chi connectivity index (χ2v) is 6.45. The number of rotatable bonds is 3. The van der Waals surface area contributed by atoms with Crippen molar-refractivity contribution < 1.29 is 14.6 Å². The van der Waals surface area contributed by atoms with Crippen molar-refractivity contribution in [1.82, 2.24) is 15.8 Å². The lowest BCUT2D eigenvalue weighted by Gasteiger charge is -2.44. The van der Waals surface area contributed by atoms with Gasteiger partial charge in [-0.1, -0.05) is 28.1 Å². The second kappa shape index (κ2) is 6.91. The highest BCUT2D eigenvalue weighted by molar-refractivity contribution is 9.10. The van der Waals surface area contributed by atoms with E-state index in [4.69, 9.17) is 17.0 Å². The first-order valence-electron chi connectivity index (χ1n) is 6.68. The van der Waals surface area contributed by atoms with Crippen molar-refractivity contribution in [3.63, 3.8) is 0 Å². The summed E-state index contributed by atoms with van der Waals surface area (Å²) >= 11 is 8.42. The van der Waals surface area contributed by atoms with Crippen molar-refractivity contribution in [2.45, 2.75) is 11.5 Å². The Morgan fingerprint density at radius 1 is 1.55 bits per heavy atom. The molecule has 1 fully saturated rings. The molecule has 1 aromatic rings. The maximum absolute atomic E-state index is 12.3. The summed E-state index contributed by atoms with van der Waals surface area (Å²) in [7, 11) is 3.26. The van der Waals surface area contributed by atoms with E-state index in [0.29, 0.717) is 5.11 Å². The first-order chi connectivity index (χ1) is 10.4. The molecule has 0 radical (unpaired) electrons. The fourth-order valence-electron chi connectivity index (χ4n) is 2.30. The summed E-state index contributed by atoms with van der Waals surface area (Å²) in [6.45, 7) is 0.580. The SMILES string of the molecule is CNC(=S)N(C)NC(=O)C(O)C1(c2cccc(Br)c2)COC1. The van der Waals surface area contributed by atoms with Gasteiger partial charge in [0.05, 0.1) is 18.6 Å². The number of carbonyl (C=O) groups excluding carboxylic acids is 1.